The highest BCUT2D eigenvalue weighted by Gasteiger charge is 2.28. The van der Waals surface area contributed by atoms with E-state index in [0.717, 1.165) is 0 Å². The highest BCUT2D eigenvalue weighted by atomic mass is 19.4. The molecule has 1 N–H and O–H groups in total. The zero-order valence-electron chi connectivity index (χ0n) is 8.14. The van der Waals surface area contributed by atoms with Crippen molar-refractivity contribution in [2.75, 3.05) is 0 Å². The molecule has 2 nitrogen and oxygen atoms in total. The molecule has 1 aromatic carbocycles. The van der Waals surface area contributed by atoms with Crippen LogP contribution in [0.2, 0.25) is 0 Å². The first kappa shape index (κ1) is 10.7. The first-order chi connectivity index (χ1) is 7.46. The van der Waals surface area contributed by atoms with Crippen molar-refractivity contribution in [3.63, 3.8) is 0 Å². The Hall–Kier alpha value is -1.78. The SMILES string of the molecule is O=c1ccc2c(CC(F)(F)F)cccc2[nH]1. The lowest BCUT2D eigenvalue weighted by molar-refractivity contribution is -0.126. The average molecular weight is 227 g/mol. The van der Waals surface area contributed by atoms with Crippen molar-refractivity contribution in [1.82, 2.24) is 4.98 Å². The summed E-state index contributed by atoms with van der Waals surface area (Å²) in [6, 6.07) is 7.13. The molecule has 0 saturated heterocycles. The van der Waals surface area contributed by atoms with Crippen LogP contribution in [0.15, 0.2) is 35.1 Å². The smallest absolute Gasteiger partial charge is 0.322 e. The van der Waals surface area contributed by atoms with Crippen LogP contribution in [0.25, 0.3) is 10.9 Å². The lowest BCUT2D eigenvalue weighted by atomic mass is 10.1. The molecule has 84 valence electrons. The second-order valence-electron chi connectivity index (χ2n) is 3.49. The van der Waals surface area contributed by atoms with Crippen LogP contribution in [0.4, 0.5) is 13.2 Å². The van der Waals surface area contributed by atoms with Gasteiger partial charge >= 0.3 is 6.18 Å². The predicted molar refractivity (Wildman–Crippen MR) is 54.3 cm³/mol. The summed E-state index contributed by atoms with van der Waals surface area (Å²) in [5, 5.41) is 0.430. The van der Waals surface area contributed by atoms with E-state index in [1.165, 1.54) is 24.3 Å². The number of fused-ring (bicyclic) bond motifs is 1. The molecule has 0 amide bonds. The minimum Gasteiger partial charge on any atom is -0.322 e. The Morgan fingerprint density at radius 3 is 2.56 bits per heavy atom. The molecule has 5 heteroatoms. The summed E-state index contributed by atoms with van der Waals surface area (Å²) in [4.78, 5) is 13.5. The summed E-state index contributed by atoms with van der Waals surface area (Å²) >= 11 is 0. The number of hydrogen-bond acceptors (Lipinski definition) is 1. The van der Waals surface area contributed by atoms with Crippen molar-refractivity contribution in [1.29, 1.82) is 0 Å². The second-order valence-corrected chi connectivity index (χ2v) is 3.49. The number of benzene rings is 1. The highest BCUT2D eigenvalue weighted by molar-refractivity contribution is 5.81. The van der Waals surface area contributed by atoms with Crippen LogP contribution >= 0.6 is 0 Å². The summed E-state index contributed by atoms with van der Waals surface area (Å²) in [5.74, 6) is 0. The molecule has 1 heterocycles. The molecular weight excluding hydrogens is 219 g/mol. The molecule has 2 aromatic rings. The van der Waals surface area contributed by atoms with E-state index in [2.05, 4.69) is 4.98 Å². The number of nitrogens with one attached hydrogen (secondary N) is 1. The molecule has 0 aliphatic heterocycles. The molecule has 0 spiro atoms. The Morgan fingerprint density at radius 2 is 1.88 bits per heavy atom. The van der Waals surface area contributed by atoms with E-state index in [4.69, 9.17) is 0 Å². The zero-order valence-corrected chi connectivity index (χ0v) is 8.14. The number of alkyl halides is 3. The number of hydrogen-bond donors (Lipinski definition) is 1. The Bertz CT molecular complexity index is 571. The van der Waals surface area contributed by atoms with Gasteiger partial charge in [-0.25, -0.2) is 0 Å². The summed E-state index contributed by atoms with van der Waals surface area (Å²) in [7, 11) is 0. The normalized spacial score (nSPS) is 11.9. The number of aromatic nitrogens is 1. The van der Waals surface area contributed by atoms with Crippen LogP contribution in [-0.2, 0) is 6.42 Å². The maximum absolute atomic E-state index is 12.3. The van der Waals surface area contributed by atoms with Gasteiger partial charge < -0.3 is 4.98 Å². The topological polar surface area (TPSA) is 32.9 Å². The van der Waals surface area contributed by atoms with E-state index in [9.17, 15) is 18.0 Å². The Morgan fingerprint density at radius 1 is 1.12 bits per heavy atom. The van der Waals surface area contributed by atoms with Crippen LogP contribution in [0.1, 0.15) is 5.56 Å². The predicted octanol–water partition coefficient (Wildman–Crippen LogP) is 2.63. The molecule has 0 aliphatic carbocycles. The monoisotopic (exact) mass is 227 g/mol. The zero-order chi connectivity index (χ0) is 11.8. The van der Waals surface area contributed by atoms with Gasteiger partial charge in [0.15, 0.2) is 0 Å². The van der Waals surface area contributed by atoms with Gasteiger partial charge in [0.1, 0.15) is 0 Å². The first-order valence-electron chi connectivity index (χ1n) is 4.63. The standard InChI is InChI=1S/C11H8F3NO/c12-11(13,14)6-7-2-1-3-9-8(7)4-5-10(16)15-9/h1-5H,6H2,(H,15,16). The minimum absolute atomic E-state index is 0.168. The summed E-state index contributed by atoms with van der Waals surface area (Å²) in [6.45, 7) is 0. The van der Waals surface area contributed by atoms with E-state index in [0.29, 0.717) is 10.9 Å². The minimum atomic E-state index is -4.25. The van der Waals surface area contributed by atoms with E-state index < -0.39 is 12.6 Å². The van der Waals surface area contributed by atoms with Crippen LogP contribution in [-0.4, -0.2) is 11.2 Å². The third-order valence-corrected chi connectivity index (χ3v) is 2.25. The molecule has 0 aliphatic rings. The van der Waals surface area contributed by atoms with Gasteiger partial charge in [-0.3, -0.25) is 4.79 Å². The van der Waals surface area contributed by atoms with Crippen molar-refractivity contribution in [2.24, 2.45) is 0 Å². The van der Waals surface area contributed by atoms with Crippen molar-refractivity contribution >= 4 is 10.9 Å². The lowest BCUT2D eigenvalue weighted by Crippen LogP contribution is -2.12. The number of aromatic amines is 1. The molecule has 0 saturated carbocycles. The molecule has 2 rings (SSSR count). The summed E-state index contributed by atoms with van der Waals surface area (Å²) in [5.41, 5.74) is 0.271. The van der Waals surface area contributed by atoms with E-state index in [1.807, 2.05) is 0 Å². The molecule has 16 heavy (non-hydrogen) atoms. The fraction of sp³-hybridized carbons (Fsp3) is 0.182. The van der Waals surface area contributed by atoms with Gasteiger partial charge in [-0.05, 0) is 17.7 Å². The van der Waals surface area contributed by atoms with Crippen molar-refractivity contribution in [3.05, 3.63) is 46.2 Å². The number of pyridine rings is 1. The van der Waals surface area contributed by atoms with Crippen molar-refractivity contribution in [2.45, 2.75) is 12.6 Å². The molecule has 0 atom stereocenters. The average Bonchev–Trinajstić information content (AvgIpc) is 2.15. The Labute approximate surface area is 88.7 Å². The van der Waals surface area contributed by atoms with Crippen LogP contribution in [0, 0.1) is 0 Å². The fourth-order valence-corrected chi connectivity index (χ4v) is 1.62. The molecule has 0 unspecified atom stereocenters. The quantitative estimate of drug-likeness (QED) is 0.798. The fourth-order valence-electron chi connectivity index (χ4n) is 1.62. The number of H-pyrrole nitrogens is 1. The maximum atomic E-state index is 12.3. The van der Waals surface area contributed by atoms with E-state index in [1.54, 1.807) is 6.07 Å². The van der Waals surface area contributed by atoms with E-state index in [-0.39, 0.29) is 11.1 Å². The number of rotatable bonds is 1. The molecule has 0 radical (unpaired) electrons. The van der Waals surface area contributed by atoms with Crippen molar-refractivity contribution < 1.29 is 13.2 Å². The Balaban J connectivity index is 2.58. The molecule has 1 aromatic heterocycles. The van der Waals surface area contributed by atoms with Crippen LogP contribution in [0.5, 0.6) is 0 Å². The third-order valence-electron chi connectivity index (χ3n) is 2.25. The molecular formula is C11H8F3NO. The van der Waals surface area contributed by atoms with Gasteiger partial charge in [0.25, 0.3) is 0 Å². The van der Waals surface area contributed by atoms with Gasteiger partial charge in [-0.2, -0.15) is 13.2 Å². The van der Waals surface area contributed by atoms with Crippen molar-refractivity contribution in [3.8, 4) is 0 Å². The lowest BCUT2D eigenvalue weighted by Gasteiger charge is -2.08. The largest absolute Gasteiger partial charge is 0.393 e. The van der Waals surface area contributed by atoms with Gasteiger partial charge in [0, 0.05) is 17.0 Å². The Kier molecular flexibility index (Phi) is 2.46. The van der Waals surface area contributed by atoms with Gasteiger partial charge in [0.05, 0.1) is 6.42 Å². The maximum Gasteiger partial charge on any atom is 0.393 e. The number of halogens is 3. The first-order valence-corrected chi connectivity index (χ1v) is 4.63. The molecule has 0 bridgehead atoms. The van der Waals surface area contributed by atoms with Crippen LogP contribution in [0.3, 0.4) is 0 Å². The highest BCUT2D eigenvalue weighted by Crippen LogP contribution is 2.25. The van der Waals surface area contributed by atoms with Gasteiger partial charge in [-0.1, -0.05) is 12.1 Å². The molecule has 0 fully saturated rings. The van der Waals surface area contributed by atoms with Gasteiger partial charge in [-0.15, -0.1) is 0 Å². The summed E-state index contributed by atoms with van der Waals surface area (Å²) < 4.78 is 36.8. The van der Waals surface area contributed by atoms with Gasteiger partial charge in [0.2, 0.25) is 5.56 Å². The van der Waals surface area contributed by atoms with E-state index >= 15 is 0 Å². The third kappa shape index (κ3) is 2.24. The second kappa shape index (κ2) is 3.66. The summed E-state index contributed by atoms with van der Waals surface area (Å²) in [6.07, 6.45) is -5.24. The van der Waals surface area contributed by atoms with Crippen LogP contribution < -0.4 is 5.56 Å².